The summed E-state index contributed by atoms with van der Waals surface area (Å²) in [5.41, 5.74) is 0.870. The third-order valence-electron chi connectivity index (χ3n) is 4.40. The van der Waals surface area contributed by atoms with Crippen molar-refractivity contribution in [2.24, 2.45) is 0 Å². The van der Waals surface area contributed by atoms with Crippen LogP contribution in [0.5, 0.6) is 5.75 Å². The zero-order valence-corrected chi connectivity index (χ0v) is 15.6. The summed E-state index contributed by atoms with van der Waals surface area (Å²) in [6.45, 7) is 4.38. The fraction of sp³-hybridized carbons (Fsp3) is 0.350. The van der Waals surface area contributed by atoms with Crippen molar-refractivity contribution in [3.63, 3.8) is 0 Å². The molecule has 0 atom stereocenters. The van der Waals surface area contributed by atoms with Gasteiger partial charge < -0.3 is 15.3 Å². The van der Waals surface area contributed by atoms with E-state index in [1.54, 1.807) is 17.8 Å². The minimum atomic E-state index is 0.0784. The standard InChI is InChI=1S/C20H25N3O2S/c24-19-9-5-4-8-18(19)23-13-11-22(12-14-23)16-20(25)21-10-15-26-17-6-2-1-3-7-17/h1-9,24H,10-16H2,(H,21,25). The zero-order valence-electron chi connectivity index (χ0n) is 14.8. The molecule has 1 aliphatic rings. The summed E-state index contributed by atoms with van der Waals surface area (Å²) in [6, 6.07) is 17.6. The van der Waals surface area contributed by atoms with E-state index in [2.05, 4.69) is 27.2 Å². The molecule has 0 unspecified atom stereocenters. The van der Waals surface area contributed by atoms with Crippen molar-refractivity contribution in [1.82, 2.24) is 10.2 Å². The van der Waals surface area contributed by atoms with E-state index in [-0.39, 0.29) is 5.91 Å². The smallest absolute Gasteiger partial charge is 0.234 e. The second kappa shape index (κ2) is 9.50. The Hall–Kier alpha value is -2.18. The van der Waals surface area contributed by atoms with Gasteiger partial charge in [0.1, 0.15) is 5.75 Å². The predicted molar refractivity (Wildman–Crippen MR) is 107 cm³/mol. The van der Waals surface area contributed by atoms with Crippen LogP contribution in [0.15, 0.2) is 59.5 Å². The van der Waals surface area contributed by atoms with Gasteiger partial charge in [-0.2, -0.15) is 0 Å². The number of anilines is 1. The lowest BCUT2D eigenvalue weighted by Crippen LogP contribution is -2.49. The first kappa shape index (κ1) is 18.6. The molecule has 1 amide bonds. The van der Waals surface area contributed by atoms with Gasteiger partial charge in [0.05, 0.1) is 12.2 Å². The highest BCUT2D eigenvalue weighted by Gasteiger charge is 2.20. The number of hydrogen-bond donors (Lipinski definition) is 2. The Labute approximate surface area is 159 Å². The van der Waals surface area contributed by atoms with E-state index in [4.69, 9.17) is 0 Å². The average Bonchev–Trinajstić information content (AvgIpc) is 2.67. The predicted octanol–water partition coefficient (Wildman–Crippen LogP) is 2.42. The molecule has 2 N–H and O–H groups in total. The van der Waals surface area contributed by atoms with Gasteiger partial charge in [0.2, 0.25) is 5.91 Å². The van der Waals surface area contributed by atoms with E-state index >= 15 is 0 Å². The molecule has 26 heavy (non-hydrogen) atoms. The molecule has 0 bridgehead atoms. The number of nitrogens with zero attached hydrogens (tertiary/aromatic N) is 2. The molecular weight excluding hydrogens is 346 g/mol. The molecule has 0 saturated carbocycles. The van der Waals surface area contributed by atoms with Crippen LogP contribution in [0, 0.1) is 0 Å². The first-order valence-corrected chi connectivity index (χ1v) is 9.91. The fourth-order valence-electron chi connectivity index (χ4n) is 3.01. The summed E-state index contributed by atoms with van der Waals surface area (Å²) in [5.74, 6) is 1.26. The highest BCUT2D eigenvalue weighted by molar-refractivity contribution is 7.99. The largest absolute Gasteiger partial charge is 0.506 e. The Morgan fingerprint density at radius 1 is 1.00 bits per heavy atom. The minimum Gasteiger partial charge on any atom is -0.506 e. The van der Waals surface area contributed by atoms with Crippen LogP contribution in [0.2, 0.25) is 0 Å². The van der Waals surface area contributed by atoms with E-state index in [0.717, 1.165) is 37.6 Å². The summed E-state index contributed by atoms with van der Waals surface area (Å²) in [6.07, 6.45) is 0. The van der Waals surface area contributed by atoms with E-state index in [9.17, 15) is 9.90 Å². The van der Waals surface area contributed by atoms with Crippen molar-refractivity contribution in [2.45, 2.75) is 4.90 Å². The maximum atomic E-state index is 12.1. The molecule has 3 rings (SSSR count). The number of piperazine rings is 1. The van der Waals surface area contributed by atoms with Crippen molar-refractivity contribution in [3.05, 3.63) is 54.6 Å². The topological polar surface area (TPSA) is 55.8 Å². The molecule has 138 valence electrons. The van der Waals surface area contributed by atoms with Crippen molar-refractivity contribution in [1.29, 1.82) is 0 Å². The number of amides is 1. The number of rotatable bonds is 7. The maximum Gasteiger partial charge on any atom is 0.234 e. The third-order valence-corrected chi connectivity index (χ3v) is 5.41. The number of aromatic hydroxyl groups is 1. The molecule has 0 radical (unpaired) electrons. The molecule has 2 aromatic rings. The SMILES string of the molecule is O=C(CN1CCN(c2ccccc2O)CC1)NCCSc1ccccc1. The fourth-order valence-corrected chi connectivity index (χ4v) is 3.80. The van der Waals surface area contributed by atoms with Crippen LogP contribution in [0.1, 0.15) is 0 Å². The minimum absolute atomic E-state index is 0.0784. The third kappa shape index (κ3) is 5.41. The first-order chi connectivity index (χ1) is 12.7. The number of phenols is 1. The summed E-state index contributed by atoms with van der Waals surface area (Å²) >= 11 is 1.75. The van der Waals surface area contributed by atoms with Gasteiger partial charge in [-0.3, -0.25) is 9.69 Å². The van der Waals surface area contributed by atoms with Crippen LogP contribution in [0.25, 0.3) is 0 Å². The van der Waals surface area contributed by atoms with Crippen LogP contribution in [-0.4, -0.2) is 60.9 Å². The van der Waals surface area contributed by atoms with Gasteiger partial charge in [-0.25, -0.2) is 0 Å². The summed E-state index contributed by atoms with van der Waals surface area (Å²) in [4.78, 5) is 17.7. The highest BCUT2D eigenvalue weighted by Crippen LogP contribution is 2.27. The Morgan fingerprint density at radius 3 is 2.42 bits per heavy atom. The van der Waals surface area contributed by atoms with Gasteiger partial charge in [0.15, 0.2) is 0 Å². The number of benzene rings is 2. The van der Waals surface area contributed by atoms with Crippen LogP contribution in [0.3, 0.4) is 0 Å². The molecule has 0 spiro atoms. The monoisotopic (exact) mass is 371 g/mol. The van der Waals surface area contributed by atoms with Gasteiger partial charge in [-0.05, 0) is 24.3 Å². The van der Waals surface area contributed by atoms with E-state index in [0.29, 0.717) is 18.8 Å². The number of phenolic OH excluding ortho intramolecular Hbond substituents is 1. The Morgan fingerprint density at radius 2 is 1.69 bits per heavy atom. The molecular formula is C20H25N3O2S. The van der Waals surface area contributed by atoms with Gasteiger partial charge in [-0.1, -0.05) is 30.3 Å². The second-order valence-electron chi connectivity index (χ2n) is 6.26. The van der Waals surface area contributed by atoms with Gasteiger partial charge >= 0.3 is 0 Å². The molecule has 0 aliphatic carbocycles. The molecule has 0 aromatic heterocycles. The maximum absolute atomic E-state index is 12.1. The molecule has 1 aliphatic heterocycles. The van der Waals surface area contributed by atoms with Crippen molar-refractivity contribution >= 4 is 23.4 Å². The molecule has 1 heterocycles. The average molecular weight is 372 g/mol. The number of thioether (sulfide) groups is 1. The normalized spacial score (nSPS) is 15.0. The van der Waals surface area contributed by atoms with E-state index in [1.165, 1.54) is 4.90 Å². The first-order valence-electron chi connectivity index (χ1n) is 8.92. The van der Waals surface area contributed by atoms with Gasteiger partial charge in [0.25, 0.3) is 0 Å². The Kier molecular flexibility index (Phi) is 6.80. The number of para-hydroxylation sites is 2. The molecule has 1 fully saturated rings. The van der Waals surface area contributed by atoms with Crippen LogP contribution >= 0.6 is 11.8 Å². The van der Waals surface area contributed by atoms with E-state index < -0.39 is 0 Å². The van der Waals surface area contributed by atoms with Crippen molar-refractivity contribution in [2.75, 3.05) is 49.9 Å². The number of carbonyl (C=O) groups excluding carboxylic acids is 1. The zero-order chi connectivity index (χ0) is 18.2. The molecule has 6 heteroatoms. The summed E-state index contributed by atoms with van der Waals surface area (Å²) in [7, 11) is 0. The molecule has 2 aromatic carbocycles. The van der Waals surface area contributed by atoms with Crippen LogP contribution in [0.4, 0.5) is 5.69 Å². The second-order valence-corrected chi connectivity index (χ2v) is 7.43. The van der Waals surface area contributed by atoms with Gasteiger partial charge in [-0.15, -0.1) is 11.8 Å². The lowest BCUT2D eigenvalue weighted by atomic mass is 10.2. The van der Waals surface area contributed by atoms with Crippen LogP contribution in [-0.2, 0) is 4.79 Å². The number of hydrogen-bond acceptors (Lipinski definition) is 5. The Balaban J connectivity index is 1.34. The Bertz CT molecular complexity index is 703. The lowest BCUT2D eigenvalue weighted by molar-refractivity contribution is -0.122. The molecule has 1 saturated heterocycles. The lowest BCUT2D eigenvalue weighted by Gasteiger charge is -2.35. The van der Waals surface area contributed by atoms with Crippen molar-refractivity contribution < 1.29 is 9.90 Å². The van der Waals surface area contributed by atoms with Crippen LogP contribution < -0.4 is 10.2 Å². The number of nitrogens with one attached hydrogen (secondary N) is 1. The van der Waals surface area contributed by atoms with E-state index in [1.807, 2.05) is 36.4 Å². The van der Waals surface area contributed by atoms with Gasteiger partial charge in [0, 0.05) is 43.4 Å². The molecule has 5 nitrogen and oxygen atoms in total. The summed E-state index contributed by atoms with van der Waals surface area (Å²) in [5, 5.41) is 13.0. The van der Waals surface area contributed by atoms with Crippen molar-refractivity contribution in [3.8, 4) is 5.75 Å². The quantitative estimate of drug-likeness (QED) is 0.578. The summed E-state index contributed by atoms with van der Waals surface area (Å²) < 4.78 is 0. The number of carbonyl (C=O) groups is 1. The highest BCUT2D eigenvalue weighted by atomic mass is 32.2.